The summed E-state index contributed by atoms with van der Waals surface area (Å²) in [5.74, 6) is 0.0327. The number of piperidine rings is 1. The first-order valence-corrected chi connectivity index (χ1v) is 11.3. The van der Waals surface area contributed by atoms with Crippen LogP contribution in [0, 0.1) is 5.92 Å². The van der Waals surface area contributed by atoms with E-state index in [0.717, 1.165) is 0 Å². The summed E-state index contributed by atoms with van der Waals surface area (Å²) in [6.07, 6.45) is -1.27. The smallest absolute Gasteiger partial charge is 0.407 e. The van der Waals surface area contributed by atoms with Crippen molar-refractivity contribution in [3.8, 4) is 0 Å². The normalized spacial score (nSPS) is 26.0. The molecule has 1 rings (SSSR count). The van der Waals surface area contributed by atoms with Gasteiger partial charge in [0, 0.05) is 13.2 Å². The fourth-order valence-electron chi connectivity index (χ4n) is 2.83. The molecule has 0 radical (unpaired) electrons. The summed E-state index contributed by atoms with van der Waals surface area (Å²) < 4.78 is 6.22. The molecular formula is C16H33NO5Si. The molecule has 3 unspecified atom stereocenters. The van der Waals surface area contributed by atoms with Gasteiger partial charge in [0.05, 0.1) is 18.2 Å². The Morgan fingerprint density at radius 1 is 1.39 bits per heavy atom. The minimum absolute atomic E-state index is 0.0215. The third-order valence-corrected chi connectivity index (χ3v) is 9.99. The molecule has 1 aliphatic rings. The Balaban J connectivity index is 2.86. The maximum Gasteiger partial charge on any atom is 0.407 e. The molecule has 23 heavy (non-hydrogen) atoms. The molecule has 1 aliphatic heterocycles. The lowest BCUT2D eigenvalue weighted by Gasteiger charge is -2.44. The van der Waals surface area contributed by atoms with E-state index in [0.29, 0.717) is 19.4 Å². The molecule has 1 fully saturated rings. The van der Waals surface area contributed by atoms with Crippen molar-refractivity contribution in [3.05, 3.63) is 0 Å². The van der Waals surface area contributed by atoms with E-state index in [1.807, 2.05) is 6.92 Å². The van der Waals surface area contributed by atoms with Crippen LogP contribution in [0.15, 0.2) is 0 Å². The number of aliphatic hydroxyl groups is 2. The number of aliphatic hydroxyl groups excluding tert-OH is 2. The standard InChI is InChI=1S/C16H33NO5Si/c1-11(22-23(5,6)16(2,3)4)14(19)13-9-12(10-18)7-8-17(13)15(20)21/h11-14,18-19H,7-10H2,1-6H3,(H,20,21)/t11-,12?,13?,14?/m0/s1. The predicted molar refractivity (Wildman–Crippen MR) is 92.1 cm³/mol. The van der Waals surface area contributed by atoms with Crippen molar-refractivity contribution in [2.24, 2.45) is 5.92 Å². The van der Waals surface area contributed by atoms with Crippen molar-refractivity contribution >= 4 is 14.4 Å². The van der Waals surface area contributed by atoms with Gasteiger partial charge < -0.3 is 24.6 Å². The molecule has 7 heteroatoms. The van der Waals surface area contributed by atoms with E-state index in [2.05, 4.69) is 33.9 Å². The molecule has 0 aromatic rings. The highest BCUT2D eigenvalue weighted by molar-refractivity contribution is 6.74. The lowest BCUT2D eigenvalue weighted by Crippen LogP contribution is -2.56. The molecule has 3 N–H and O–H groups in total. The Morgan fingerprint density at radius 3 is 2.39 bits per heavy atom. The Kier molecular flexibility index (Phi) is 6.66. The fourth-order valence-corrected chi connectivity index (χ4v) is 4.25. The molecule has 0 saturated carbocycles. The van der Waals surface area contributed by atoms with E-state index in [1.54, 1.807) is 0 Å². The topological polar surface area (TPSA) is 90.2 Å². The van der Waals surface area contributed by atoms with Gasteiger partial charge in [-0.2, -0.15) is 0 Å². The number of rotatable bonds is 5. The fraction of sp³-hybridized carbons (Fsp3) is 0.938. The lowest BCUT2D eigenvalue weighted by atomic mass is 9.87. The lowest BCUT2D eigenvalue weighted by molar-refractivity contribution is -0.0441. The highest BCUT2D eigenvalue weighted by Crippen LogP contribution is 2.38. The molecule has 0 aromatic heterocycles. The van der Waals surface area contributed by atoms with Gasteiger partial charge in [0.15, 0.2) is 8.32 Å². The Labute approximate surface area is 140 Å². The summed E-state index contributed by atoms with van der Waals surface area (Å²) in [4.78, 5) is 12.7. The second-order valence-electron chi connectivity index (χ2n) is 8.19. The quantitative estimate of drug-likeness (QED) is 0.665. The van der Waals surface area contributed by atoms with E-state index in [9.17, 15) is 20.1 Å². The second kappa shape index (κ2) is 7.50. The summed E-state index contributed by atoms with van der Waals surface area (Å²) in [6.45, 7) is 12.8. The van der Waals surface area contributed by atoms with Gasteiger partial charge >= 0.3 is 6.09 Å². The van der Waals surface area contributed by atoms with Crippen molar-refractivity contribution in [1.29, 1.82) is 0 Å². The average Bonchev–Trinajstić information content (AvgIpc) is 2.43. The zero-order valence-electron chi connectivity index (χ0n) is 15.2. The number of carbonyl (C=O) groups is 1. The number of likely N-dealkylation sites (tertiary alicyclic amines) is 1. The first kappa shape index (κ1) is 20.4. The van der Waals surface area contributed by atoms with Gasteiger partial charge in [0.25, 0.3) is 0 Å². The monoisotopic (exact) mass is 347 g/mol. The molecule has 1 saturated heterocycles. The SMILES string of the molecule is C[C@H](O[Si](C)(C)C(C)(C)C)C(O)C1CC(CO)CCN1C(=O)O. The van der Waals surface area contributed by atoms with Gasteiger partial charge in [0.2, 0.25) is 0 Å². The Morgan fingerprint density at radius 2 is 1.96 bits per heavy atom. The predicted octanol–water partition coefficient (Wildman–Crippen LogP) is 2.51. The van der Waals surface area contributed by atoms with Crippen molar-refractivity contribution in [3.63, 3.8) is 0 Å². The number of amides is 1. The maximum absolute atomic E-state index is 11.5. The molecule has 0 aromatic carbocycles. The zero-order chi connectivity index (χ0) is 18.0. The van der Waals surface area contributed by atoms with E-state index >= 15 is 0 Å². The van der Waals surface area contributed by atoms with Crippen LogP contribution in [-0.2, 0) is 4.43 Å². The molecule has 0 aliphatic carbocycles. The molecule has 0 bridgehead atoms. The number of carboxylic acid groups (broad SMARTS) is 1. The first-order valence-electron chi connectivity index (χ1n) is 8.37. The van der Waals surface area contributed by atoms with Crippen LogP contribution in [0.5, 0.6) is 0 Å². The van der Waals surface area contributed by atoms with Crippen LogP contribution in [0.1, 0.15) is 40.5 Å². The van der Waals surface area contributed by atoms with Gasteiger partial charge in [0.1, 0.15) is 0 Å². The van der Waals surface area contributed by atoms with Crippen LogP contribution < -0.4 is 0 Å². The molecule has 6 nitrogen and oxygen atoms in total. The van der Waals surface area contributed by atoms with Crippen molar-refractivity contribution < 1.29 is 24.5 Å². The van der Waals surface area contributed by atoms with E-state index in [4.69, 9.17) is 4.43 Å². The highest BCUT2D eigenvalue weighted by atomic mass is 28.4. The molecule has 0 spiro atoms. The van der Waals surface area contributed by atoms with Crippen LogP contribution in [0.2, 0.25) is 18.1 Å². The van der Waals surface area contributed by atoms with Gasteiger partial charge in [-0.1, -0.05) is 20.8 Å². The molecule has 4 atom stereocenters. The first-order chi connectivity index (χ1) is 10.4. The van der Waals surface area contributed by atoms with Crippen molar-refractivity contribution in [1.82, 2.24) is 4.90 Å². The third kappa shape index (κ3) is 4.92. The summed E-state index contributed by atoms with van der Waals surface area (Å²) in [5.41, 5.74) is 0. The second-order valence-corrected chi connectivity index (χ2v) is 12.9. The number of nitrogens with zero attached hydrogens (tertiary/aromatic N) is 1. The van der Waals surface area contributed by atoms with E-state index < -0.39 is 32.7 Å². The summed E-state index contributed by atoms with van der Waals surface area (Å²) >= 11 is 0. The zero-order valence-corrected chi connectivity index (χ0v) is 16.2. The van der Waals surface area contributed by atoms with Crippen molar-refractivity contribution in [2.75, 3.05) is 13.2 Å². The summed E-state index contributed by atoms with van der Waals surface area (Å²) in [6, 6.07) is -0.529. The minimum atomic E-state index is -2.04. The third-order valence-electron chi connectivity index (χ3n) is 5.42. The Bertz CT molecular complexity index is 410. The van der Waals surface area contributed by atoms with Crippen LogP contribution in [0.4, 0.5) is 4.79 Å². The molecular weight excluding hydrogens is 314 g/mol. The van der Waals surface area contributed by atoms with E-state index in [1.165, 1.54) is 4.90 Å². The molecule has 1 amide bonds. The summed E-state index contributed by atoms with van der Waals surface area (Å²) in [5, 5.41) is 29.5. The maximum atomic E-state index is 11.5. The Hall–Kier alpha value is -0.633. The average molecular weight is 348 g/mol. The number of hydrogen-bond acceptors (Lipinski definition) is 4. The number of hydrogen-bond donors (Lipinski definition) is 3. The van der Waals surface area contributed by atoms with Crippen LogP contribution in [0.25, 0.3) is 0 Å². The molecule has 136 valence electrons. The van der Waals surface area contributed by atoms with Gasteiger partial charge in [-0.25, -0.2) is 4.79 Å². The van der Waals surface area contributed by atoms with Crippen LogP contribution in [-0.4, -0.2) is 66.0 Å². The van der Waals surface area contributed by atoms with E-state index in [-0.39, 0.29) is 17.6 Å². The van der Waals surface area contributed by atoms with Gasteiger partial charge in [-0.05, 0) is 43.8 Å². The van der Waals surface area contributed by atoms with Crippen LogP contribution >= 0.6 is 0 Å². The minimum Gasteiger partial charge on any atom is -0.465 e. The summed E-state index contributed by atoms with van der Waals surface area (Å²) in [7, 11) is -2.04. The largest absolute Gasteiger partial charge is 0.465 e. The molecule has 1 heterocycles. The van der Waals surface area contributed by atoms with Gasteiger partial charge in [-0.3, -0.25) is 0 Å². The highest BCUT2D eigenvalue weighted by Gasteiger charge is 2.43. The van der Waals surface area contributed by atoms with Crippen LogP contribution in [0.3, 0.4) is 0 Å². The van der Waals surface area contributed by atoms with Crippen molar-refractivity contribution in [2.45, 2.75) is 76.9 Å². The van der Waals surface area contributed by atoms with Gasteiger partial charge in [-0.15, -0.1) is 0 Å².